The Morgan fingerprint density at radius 2 is 1.83 bits per heavy atom. The fourth-order valence-electron chi connectivity index (χ4n) is 2.76. The molecule has 0 bridgehead atoms. The Balaban J connectivity index is 1.59. The minimum atomic E-state index is 0.603. The van der Waals surface area contributed by atoms with Gasteiger partial charge in [0, 0.05) is 24.9 Å². The first-order valence-electron chi connectivity index (χ1n) is 7.75. The number of H-pyrrole nitrogens is 1. The molecule has 6 heteroatoms. The molecule has 0 amide bonds. The van der Waals surface area contributed by atoms with Crippen LogP contribution < -0.4 is 0 Å². The lowest BCUT2D eigenvalue weighted by atomic mass is 9.98. The van der Waals surface area contributed by atoms with E-state index in [9.17, 15) is 0 Å². The fraction of sp³-hybridized carbons (Fsp3) is 0.111. The van der Waals surface area contributed by atoms with Gasteiger partial charge in [-0.15, -0.1) is 10.2 Å². The molecular weight excluding hydrogens is 300 g/mol. The number of aliphatic imine (C=N–C) groups is 1. The van der Waals surface area contributed by atoms with Crippen LogP contribution >= 0.6 is 0 Å². The van der Waals surface area contributed by atoms with E-state index in [-0.39, 0.29) is 0 Å². The summed E-state index contributed by atoms with van der Waals surface area (Å²) < 4.78 is 0. The van der Waals surface area contributed by atoms with Gasteiger partial charge in [-0.2, -0.15) is 5.21 Å². The van der Waals surface area contributed by atoms with Crippen molar-refractivity contribution in [1.29, 1.82) is 0 Å². The molecule has 1 aliphatic rings. The van der Waals surface area contributed by atoms with Gasteiger partial charge >= 0.3 is 0 Å². The molecule has 0 aliphatic carbocycles. The molecule has 1 N–H and O–H groups in total. The van der Waals surface area contributed by atoms with Gasteiger partial charge in [-0.05, 0) is 28.0 Å². The third-order valence-electron chi connectivity index (χ3n) is 3.93. The Morgan fingerprint density at radius 3 is 2.54 bits per heavy atom. The zero-order chi connectivity index (χ0) is 16.2. The maximum Gasteiger partial charge on any atom is 0.205 e. The van der Waals surface area contributed by atoms with Crippen molar-refractivity contribution in [3.05, 3.63) is 66.4 Å². The summed E-state index contributed by atoms with van der Waals surface area (Å²) in [7, 11) is 0. The molecule has 0 unspecified atom stereocenters. The third kappa shape index (κ3) is 2.94. The highest BCUT2D eigenvalue weighted by Crippen LogP contribution is 2.29. The van der Waals surface area contributed by atoms with Crippen molar-refractivity contribution in [3.63, 3.8) is 0 Å². The standard InChI is InChI=1S/C18H16N6/c1-2-5-17(18-20-22-23-21-18)16(4-1)15-8-6-14(7-9-15)12-24-11-3-10-19-13-24/h1-10,13H,11-12H2,(H,20,21,22,23). The third-order valence-corrected chi connectivity index (χ3v) is 3.93. The number of nitrogens with zero attached hydrogens (tertiary/aromatic N) is 5. The maximum atomic E-state index is 4.16. The molecule has 6 nitrogen and oxygen atoms in total. The molecule has 0 atom stereocenters. The SMILES string of the molecule is C1=CN=CN(Cc2ccc(-c3ccccc3-c3nn[nH]n3)cc2)C1. The Labute approximate surface area is 139 Å². The molecule has 1 aromatic heterocycles. The molecule has 118 valence electrons. The number of hydrogen-bond donors (Lipinski definition) is 1. The van der Waals surface area contributed by atoms with Gasteiger partial charge in [-0.25, -0.2) is 4.99 Å². The summed E-state index contributed by atoms with van der Waals surface area (Å²) >= 11 is 0. The zero-order valence-electron chi connectivity index (χ0n) is 13.0. The summed E-state index contributed by atoms with van der Waals surface area (Å²) in [6, 6.07) is 16.6. The van der Waals surface area contributed by atoms with E-state index in [0.717, 1.165) is 29.8 Å². The summed E-state index contributed by atoms with van der Waals surface area (Å²) in [5.41, 5.74) is 4.43. The molecule has 0 saturated heterocycles. The van der Waals surface area contributed by atoms with Gasteiger partial charge in [-0.1, -0.05) is 48.5 Å². The predicted octanol–water partition coefficient (Wildman–Crippen LogP) is 2.89. The van der Waals surface area contributed by atoms with E-state index < -0.39 is 0 Å². The van der Waals surface area contributed by atoms with Crippen molar-refractivity contribution in [2.24, 2.45) is 4.99 Å². The Morgan fingerprint density at radius 1 is 1.00 bits per heavy atom. The zero-order valence-corrected chi connectivity index (χ0v) is 13.0. The van der Waals surface area contributed by atoms with Crippen molar-refractivity contribution in [3.8, 4) is 22.5 Å². The molecule has 2 aromatic carbocycles. The van der Waals surface area contributed by atoms with Crippen LogP contribution in [-0.2, 0) is 6.54 Å². The van der Waals surface area contributed by atoms with Crippen molar-refractivity contribution < 1.29 is 0 Å². The number of tetrazole rings is 1. The van der Waals surface area contributed by atoms with Gasteiger partial charge < -0.3 is 4.90 Å². The van der Waals surface area contributed by atoms with Crippen LogP contribution in [0.5, 0.6) is 0 Å². The smallest absolute Gasteiger partial charge is 0.205 e. The van der Waals surface area contributed by atoms with Gasteiger partial charge in [0.15, 0.2) is 0 Å². The Kier molecular flexibility index (Phi) is 3.85. The quantitative estimate of drug-likeness (QED) is 0.803. The van der Waals surface area contributed by atoms with Crippen molar-refractivity contribution >= 4 is 6.34 Å². The first-order valence-corrected chi connectivity index (χ1v) is 7.75. The van der Waals surface area contributed by atoms with Crippen molar-refractivity contribution in [2.75, 3.05) is 6.54 Å². The minimum Gasteiger partial charge on any atom is -0.354 e. The predicted molar refractivity (Wildman–Crippen MR) is 93.1 cm³/mol. The van der Waals surface area contributed by atoms with E-state index in [0.29, 0.717) is 5.82 Å². The van der Waals surface area contributed by atoms with Crippen molar-refractivity contribution in [2.45, 2.75) is 6.54 Å². The monoisotopic (exact) mass is 316 g/mol. The lowest BCUT2D eigenvalue weighted by molar-refractivity contribution is 0.465. The molecule has 3 aromatic rings. The lowest BCUT2D eigenvalue weighted by Gasteiger charge is -2.19. The van der Waals surface area contributed by atoms with E-state index in [1.54, 1.807) is 0 Å². The van der Waals surface area contributed by atoms with Crippen LogP contribution in [0.2, 0.25) is 0 Å². The number of benzene rings is 2. The van der Waals surface area contributed by atoms with Gasteiger partial charge in [-0.3, -0.25) is 0 Å². The highest BCUT2D eigenvalue weighted by molar-refractivity contribution is 5.80. The molecule has 0 spiro atoms. The second kappa shape index (κ2) is 6.45. The molecule has 4 rings (SSSR count). The van der Waals surface area contributed by atoms with E-state index in [2.05, 4.69) is 66.9 Å². The van der Waals surface area contributed by atoms with Crippen molar-refractivity contribution in [1.82, 2.24) is 25.5 Å². The van der Waals surface area contributed by atoms with Crippen LogP contribution in [0.25, 0.3) is 22.5 Å². The summed E-state index contributed by atoms with van der Waals surface area (Å²) in [5, 5.41) is 14.3. The Hall–Kier alpha value is -3.28. The molecule has 24 heavy (non-hydrogen) atoms. The van der Waals surface area contributed by atoms with Crippen LogP contribution in [0, 0.1) is 0 Å². The number of nitrogens with one attached hydrogen (secondary N) is 1. The van der Waals surface area contributed by atoms with Crippen LogP contribution in [0.4, 0.5) is 0 Å². The summed E-state index contributed by atoms with van der Waals surface area (Å²) in [5.74, 6) is 0.603. The van der Waals surface area contributed by atoms with Gasteiger partial charge in [0.1, 0.15) is 0 Å². The van der Waals surface area contributed by atoms with Gasteiger partial charge in [0.05, 0.1) is 6.34 Å². The number of aromatic nitrogens is 4. The topological polar surface area (TPSA) is 70.1 Å². The maximum absolute atomic E-state index is 4.16. The van der Waals surface area contributed by atoms with E-state index in [1.165, 1.54) is 5.56 Å². The Bertz CT molecular complexity index is 865. The van der Waals surface area contributed by atoms with Crippen LogP contribution in [0.1, 0.15) is 5.56 Å². The van der Waals surface area contributed by atoms with Gasteiger partial charge in [0.25, 0.3) is 0 Å². The van der Waals surface area contributed by atoms with Gasteiger partial charge in [0.2, 0.25) is 5.82 Å². The average Bonchev–Trinajstić information content (AvgIpc) is 3.18. The fourth-order valence-corrected chi connectivity index (χ4v) is 2.76. The molecule has 0 fully saturated rings. The highest BCUT2D eigenvalue weighted by atomic mass is 15.5. The summed E-state index contributed by atoms with van der Waals surface area (Å²) in [4.78, 5) is 6.33. The summed E-state index contributed by atoms with van der Waals surface area (Å²) in [6.45, 7) is 1.74. The minimum absolute atomic E-state index is 0.603. The highest BCUT2D eigenvalue weighted by Gasteiger charge is 2.10. The van der Waals surface area contributed by atoms with E-state index in [4.69, 9.17) is 0 Å². The first-order chi connectivity index (χ1) is 11.9. The molecule has 0 radical (unpaired) electrons. The molecule has 2 heterocycles. The molecule has 1 aliphatic heterocycles. The lowest BCUT2D eigenvalue weighted by Crippen LogP contribution is -2.22. The molecular formula is C18H16N6. The summed E-state index contributed by atoms with van der Waals surface area (Å²) in [6.07, 6.45) is 5.75. The normalized spacial score (nSPS) is 13.4. The second-order valence-corrected chi connectivity index (χ2v) is 5.56. The number of rotatable bonds is 4. The van der Waals surface area contributed by atoms with E-state index in [1.807, 2.05) is 30.7 Å². The van der Waals surface area contributed by atoms with E-state index >= 15 is 0 Å². The second-order valence-electron chi connectivity index (χ2n) is 5.56. The van der Waals surface area contributed by atoms with Crippen LogP contribution in [0.15, 0.2) is 65.8 Å². The van der Waals surface area contributed by atoms with Crippen LogP contribution in [0.3, 0.4) is 0 Å². The number of hydrogen-bond acceptors (Lipinski definition) is 5. The molecule has 0 saturated carbocycles. The first kappa shape index (κ1) is 14.3. The number of aromatic amines is 1. The van der Waals surface area contributed by atoms with Crippen LogP contribution in [-0.4, -0.2) is 38.4 Å². The largest absolute Gasteiger partial charge is 0.354 e. The average molecular weight is 316 g/mol.